The fourth-order valence-electron chi connectivity index (χ4n) is 3.91. The molecule has 3 aromatic carbocycles. The number of H-pyrrole nitrogens is 1. The fourth-order valence-corrected chi connectivity index (χ4v) is 3.91. The van der Waals surface area contributed by atoms with Crippen LogP contribution in [0.25, 0.3) is 28.0 Å². The highest BCUT2D eigenvalue weighted by molar-refractivity contribution is 5.90. The molecule has 0 saturated carbocycles. The lowest BCUT2D eigenvalue weighted by Gasteiger charge is -2.15. The number of fused-ring (bicyclic) bond motifs is 1. The Balaban J connectivity index is 1.67. The molecule has 0 atom stereocenters. The number of halogens is 1. The summed E-state index contributed by atoms with van der Waals surface area (Å²) in [5, 5.41) is 0. The van der Waals surface area contributed by atoms with Gasteiger partial charge in [-0.3, -0.25) is 4.40 Å². The smallest absolute Gasteiger partial charge is 0.331 e. The Hall–Kier alpha value is -4.39. The highest BCUT2D eigenvalue weighted by Crippen LogP contribution is 2.38. The molecule has 34 heavy (non-hydrogen) atoms. The van der Waals surface area contributed by atoms with Crippen LogP contribution < -0.4 is 15.2 Å². The summed E-state index contributed by atoms with van der Waals surface area (Å²) in [7, 11) is 1.58. The molecule has 7 heteroatoms. The van der Waals surface area contributed by atoms with Crippen LogP contribution in [-0.2, 0) is 6.61 Å². The molecule has 6 nitrogen and oxygen atoms in total. The molecule has 5 aromatic rings. The third kappa shape index (κ3) is 3.92. The largest absolute Gasteiger partial charge is 0.493 e. The standard InChI is InChI=1S/C27H22FN3O3/c1-17-8-9-20(14-21(17)28)25-24(26-29-12-13-31(26)27(32)30-25)19-10-11-22(33-2)23(15-19)34-16-18-6-4-3-5-7-18/h3-15H,16H2,1-2H3,(H,30,32). The molecule has 2 aromatic heterocycles. The van der Waals surface area contributed by atoms with E-state index in [1.54, 1.807) is 44.6 Å². The number of methoxy groups -OCH3 is 1. The molecular weight excluding hydrogens is 433 g/mol. The maximum absolute atomic E-state index is 14.4. The van der Waals surface area contributed by atoms with E-state index in [9.17, 15) is 9.18 Å². The van der Waals surface area contributed by atoms with E-state index < -0.39 is 0 Å². The van der Waals surface area contributed by atoms with Gasteiger partial charge in [-0.25, -0.2) is 14.2 Å². The van der Waals surface area contributed by atoms with Crippen LogP contribution in [0.4, 0.5) is 4.39 Å². The van der Waals surface area contributed by atoms with Crippen molar-refractivity contribution in [3.8, 4) is 33.9 Å². The van der Waals surface area contributed by atoms with Crippen LogP contribution in [0.1, 0.15) is 11.1 Å². The highest BCUT2D eigenvalue weighted by atomic mass is 19.1. The number of hydrogen-bond donors (Lipinski definition) is 1. The SMILES string of the molecule is COc1ccc(-c2c(-c3ccc(C)c(F)c3)[nH]c(=O)n3ccnc23)cc1OCc1ccccc1. The molecular formula is C27H22FN3O3. The van der Waals surface area contributed by atoms with Gasteiger partial charge in [-0.1, -0.05) is 48.5 Å². The Morgan fingerprint density at radius 3 is 2.56 bits per heavy atom. The summed E-state index contributed by atoms with van der Waals surface area (Å²) in [5.41, 5.74) is 4.05. The molecule has 0 aliphatic rings. The van der Waals surface area contributed by atoms with Crippen LogP contribution in [0, 0.1) is 12.7 Å². The summed E-state index contributed by atoms with van der Waals surface area (Å²) >= 11 is 0. The van der Waals surface area contributed by atoms with Crippen LogP contribution in [0.5, 0.6) is 11.5 Å². The first-order valence-electron chi connectivity index (χ1n) is 10.8. The zero-order valence-corrected chi connectivity index (χ0v) is 18.7. The van der Waals surface area contributed by atoms with Crippen molar-refractivity contribution in [1.82, 2.24) is 14.4 Å². The van der Waals surface area contributed by atoms with E-state index in [1.807, 2.05) is 42.5 Å². The number of hydrogen-bond acceptors (Lipinski definition) is 4. The molecule has 0 fully saturated rings. The third-order valence-corrected chi connectivity index (χ3v) is 5.72. The first-order valence-corrected chi connectivity index (χ1v) is 10.8. The topological polar surface area (TPSA) is 68.6 Å². The van der Waals surface area contributed by atoms with Crippen molar-refractivity contribution in [2.45, 2.75) is 13.5 Å². The van der Waals surface area contributed by atoms with E-state index in [0.717, 1.165) is 11.1 Å². The molecule has 0 unspecified atom stereocenters. The van der Waals surface area contributed by atoms with Crippen LogP contribution >= 0.6 is 0 Å². The highest BCUT2D eigenvalue weighted by Gasteiger charge is 2.19. The third-order valence-electron chi connectivity index (χ3n) is 5.72. The Bertz CT molecular complexity index is 1540. The van der Waals surface area contributed by atoms with E-state index in [2.05, 4.69) is 9.97 Å². The number of aromatic amines is 1. The van der Waals surface area contributed by atoms with Crippen LogP contribution in [0.2, 0.25) is 0 Å². The van der Waals surface area contributed by atoms with Gasteiger partial charge in [-0.05, 0) is 41.8 Å². The number of imidazole rings is 1. The van der Waals surface area contributed by atoms with E-state index in [0.29, 0.717) is 46.1 Å². The summed E-state index contributed by atoms with van der Waals surface area (Å²) in [5.74, 6) is 0.765. The van der Waals surface area contributed by atoms with E-state index in [1.165, 1.54) is 10.5 Å². The first kappa shape index (κ1) is 21.5. The fraction of sp³-hybridized carbons (Fsp3) is 0.111. The summed E-state index contributed by atoms with van der Waals surface area (Å²) in [4.78, 5) is 20.1. The maximum Gasteiger partial charge on any atom is 0.331 e. The molecule has 0 aliphatic heterocycles. The van der Waals surface area contributed by atoms with Crippen molar-refractivity contribution in [3.63, 3.8) is 0 Å². The molecule has 0 bridgehead atoms. The van der Waals surface area contributed by atoms with Crippen molar-refractivity contribution in [2.75, 3.05) is 7.11 Å². The van der Waals surface area contributed by atoms with Crippen molar-refractivity contribution in [1.29, 1.82) is 0 Å². The van der Waals surface area contributed by atoms with Crippen molar-refractivity contribution in [3.05, 3.63) is 107 Å². The predicted molar refractivity (Wildman–Crippen MR) is 129 cm³/mol. The first-order chi connectivity index (χ1) is 16.5. The second kappa shape index (κ2) is 8.86. The Kier molecular flexibility index (Phi) is 5.59. The van der Waals surface area contributed by atoms with Gasteiger partial charge in [-0.15, -0.1) is 0 Å². The monoisotopic (exact) mass is 455 g/mol. The van der Waals surface area contributed by atoms with Gasteiger partial charge in [-0.2, -0.15) is 0 Å². The van der Waals surface area contributed by atoms with Gasteiger partial charge < -0.3 is 14.5 Å². The lowest BCUT2D eigenvalue weighted by atomic mass is 9.98. The van der Waals surface area contributed by atoms with E-state index in [-0.39, 0.29) is 11.5 Å². The summed E-state index contributed by atoms with van der Waals surface area (Å²) in [6.07, 6.45) is 3.15. The van der Waals surface area contributed by atoms with Gasteiger partial charge in [0.25, 0.3) is 0 Å². The van der Waals surface area contributed by atoms with Gasteiger partial charge in [0.1, 0.15) is 12.4 Å². The molecule has 1 N–H and O–H groups in total. The van der Waals surface area contributed by atoms with Gasteiger partial charge in [0.05, 0.1) is 12.8 Å². The van der Waals surface area contributed by atoms with Gasteiger partial charge in [0.2, 0.25) is 0 Å². The molecule has 5 rings (SSSR count). The Morgan fingerprint density at radius 1 is 1.00 bits per heavy atom. The second-order valence-corrected chi connectivity index (χ2v) is 7.90. The number of benzene rings is 3. The summed E-state index contributed by atoms with van der Waals surface area (Å²) in [6.45, 7) is 2.06. The van der Waals surface area contributed by atoms with E-state index >= 15 is 0 Å². The average Bonchev–Trinajstić information content (AvgIpc) is 3.35. The van der Waals surface area contributed by atoms with E-state index in [4.69, 9.17) is 9.47 Å². The zero-order chi connectivity index (χ0) is 23.7. The van der Waals surface area contributed by atoms with Crippen LogP contribution in [-0.4, -0.2) is 21.5 Å². The second-order valence-electron chi connectivity index (χ2n) is 7.90. The minimum absolute atomic E-state index is 0.353. The molecule has 0 radical (unpaired) electrons. The summed E-state index contributed by atoms with van der Waals surface area (Å²) in [6, 6.07) is 20.2. The predicted octanol–water partition coefficient (Wildman–Crippen LogP) is 5.39. The van der Waals surface area contributed by atoms with Crippen LogP contribution in [0.15, 0.2) is 83.9 Å². The molecule has 170 valence electrons. The van der Waals surface area contributed by atoms with Gasteiger partial charge >= 0.3 is 5.69 Å². The number of aromatic nitrogens is 3. The minimum Gasteiger partial charge on any atom is -0.493 e. The van der Waals surface area contributed by atoms with Crippen molar-refractivity contribution < 1.29 is 13.9 Å². The number of rotatable bonds is 6. The normalized spacial score (nSPS) is 11.0. The Labute approximate surface area is 195 Å². The van der Waals surface area contributed by atoms with Gasteiger partial charge in [0, 0.05) is 23.5 Å². The lowest BCUT2D eigenvalue weighted by Crippen LogP contribution is -2.17. The molecule has 0 spiro atoms. The average molecular weight is 455 g/mol. The summed E-state index contributed by atoms with van der Waals surface area (Å²) < 4.78 is 27.5. The zero-order valence-electron chi connectivity index (χ0n) is 18.7. The maximum atomic E-state index is 14.4. The number of nitrogens with one attached hydrogen (secondary N) is 1. The minimum atomic E-state index is -0.360. The number of ether oxygens (including phenoxy) is 2. The molecule has 0 saturated heterocycles. The Morgan fingerprint density at radius 2 is 1.79 bits per heavy atom. The number of aryl methyl sites for hydroxylation is 1. The lowest BCUT2D eigenvalue weighted by molar-refractivity contribution is 0.284. The van der Waals surface area contributed by atoms with Crippen molar-refractivity contribution in [2.24, 2.45) is 0 Å². The van der Waals surface area contributed by atoms with Crippen molar-refractivity contribution >= 4 is 5.65 Å². The molecule has 0 aliphatic carbocycles. The van der Waals surface area contributed by atoms with Gasteiger partial charge in [0.15, 0.2) is 17.1 Å². The number of nitrogens with zero attached hydrogens (tertiary/aromatic N) is 2. The van der Waals surface area contributed by atoms with Crippen LogP contribution in [0.3, 0.4) is 0 Å². The molecule has 2 heterocycles. The quantitative estimate of drug-likeness (QED) is 0.373. The molecule has 0 amide bonds.